The number of aromatic nitrogens is 3. The van der Waals surface area contributed by atoms with E-state index in [0.717, 1.165) is 55.5 Å². The fourth-order valence-corrected chi connectivity index (χ4v) is 13.4. The number of fused-ring (bicyclic) bond motifs is 6. The fraction of sp³-hybridized carbons (Fsp3) is 0.234. The van der Waals surface area contributed by atoms with Crippen LogP contribution < -0.4 is 19.5 Å². The zero-order chi connectivity index (χ0) is 62.3. The van der Waals surface area contributed by atoms with E-state index in [2.05, 4.69) is 46.0 Å². The van der Waals surface area contributed by atoms with Crippen LogP contribution in [0.25, 0.3) is 37.7 Å². The number of nitrogens with one attached hydrogen (secondary N) is 1. The van der Waals surface area contributed by atoms with Crippen molar-refractivity contribution in [3.05, 3.63) is 71.3 Å². The van der Waals surface area contributed by atoms with Crippen LogP contribution in [0.3, 0.4) is 0 Å². The quantitative estimate of drug-likeness (QED) is 0.0144. The summed E-state index contributed by atoms with van der Waals surface area (Å²) in [5.41, 5.74) is -1.38. The fourth-order valence-electron chi connectivity index (χ4n) is 8.30. The number of hydrogen-bond acceptors (Lipinski definition) is 26. The Hall–Kier alpha value is -7.94. The molecule has 0 saturated carbocycles. The number of carbonyl (C=O) groups is 1. The van der Waals surface area contributed by atoms with Gasteiger partial charge in [0.2, 0.25) is 16.9 Å². The van der Waals surface area contributed by atoms with Crippen LogP contribution in [0, 0.1) is 25.2 Å². The van der Waals surface area contributed by atoms with Crippen molar-refractivity contribution in [1.29, 1.82) is 5.26 Å². The van der Waals surface area contributed by atoms with Gasteiger partial charge in [-0.3, -0.25) is 32.0 Å². The molecule has 3 heterocycles. The largest absolute Gasteiger partial charge is 0.496 e. The summed E-state index contributed by atoms with van der Waals surface area (Å²) in [6, 6.07) is 12.8. The third-order valence-corrected chi connectivity index (χ3v) is 18.4. The second kappa shape index (κ2) is 24.2. The van der Waals surface area contributed by atoms with Gasteiger partial charge < -0.3 is 24.6 Å². The molecule has 448 valence electrons. The standard InChI is InChI=1S/C47H43N11O20S7/c1-22-14-32(54-56-40-23(2)28(21-48)45-50-41-34(58(45)46(40)60)8-9-35(76-4)44(41)85(73,74)75)37(78-10-6-12-81(61,62)63)19-29(22)52-55-33-18-30(49-24(3)59)31(20-38(33)79-11-7-13-82(64,65)66)53-57-47-51-42-39(84(70,71)72)17-26-27(43(42)80-47)15-25(83(67,68)69)16-36(26)77-5/h8-9,14-20,60H,6-7,10-13H2,1-5H3,(H,49,59)(H,61,62,63)(H,64,65,66)(H,67,68,69)(H,70,71,72)(H,73,74,75). The number of azo groups is 3. The molecule has 0 fully saturated rings. The summed E-state index contributed by atoms with van der Waals surface area (Å²) < 4.78 is 188. The number of methoxy groups -OCH3 is 2. The van der Waals surface area contributed by atoms with Crippen molar-refractivity contribution in [2.24, 2.45) is 30.7 Å². The molecule has 0 aliphatic heterocycles. The van der Waals surface area contributed by atoms with E-state index in [9.17, 15) is 80.0 Å². The average Bonchev–Trinajstić information content (AvgIpc) is 1.66. The zero-order valence-electron chi connectivity index (χ0n) is 44.2. The first-order valence-electron chi connectivity index (χ1n) is 23.7. The molecule has 0 aliphatic carbocycles. The average molecular weight is 1310 g/mol. The lowest BCUT2D eigenvalue weighted by molar-refractivity contribution is -0.114. The maximum absolute atomic E-state index is 12.7. The lowest BCUT2D eigenvalue weighted by Gasteiger charge is -2.13. The van der Waals surface area contributed by atoms with Gasteiger partial charge in [0, 0.05) is 40.3 Å². The van der Waals surface area contributed by atoms with E-state index in [1.807, 2.05) is 6.07 Å². The van der Waals surface area contributed by atoms with Crippen molar-refractivity contribution in [2.45, 2.75) is 53.2 Å². The number of imidazole rings is 1. The van der Waals surface area contributed by atoms with Gasteiger partial charge in [0.1, 0.15) is 61.9 Å². The summed E-state index contributed by atoms with van der Waals surface area (Å²) in [6.45, 7) is 3.76. The summed E-state index contributed by atoms with van der Waals surface area (Å²) in [4.78, 5) is 19.3. The first kappa shape index (κ1) is 63.1. The Bertz CT molecular complexity index is 4850. The Labute approximate surface area is 489 Å². The Morgan fingerprint density at radius 3 is 2.00 bits per heavy atom. The number of pyridine rings is 1. The van der Waals surface area contributed by atoms with E-state index in [1.54, 1.807) is 6.92 Å². The van der Waals surface area contributed by atoms with Crippen LogP contribution in [-0.2, 0) is 55.4 Å². The number of benzene rings is 5. The summed E-state index contributed by atoms with van der Waals surface area (Å²) in [5.74, 6) is -3.25. The highest BCUT2D eigenvalue weighted by Gasteiger charge is 2.29. The van der Waals surface area contributed by atoms with Gasteiger partial charge in [0.25, 0.3) is 50.6 Å². The molecule has 0 saturated heterocycles. The topological polar surface area (TPSA) is 477 Å². The predicted molar refractivity (Wildman–Crippen MR) is 306 cm³/mol. The minimum atomic E-state index is -5.03. The Morgan fingerprint density at radius 2 is 1.38 bits per heavy atom. The second-order valence-corrected chi connectivity index (χ2v) is 27.3. The van der Waals surface area contributed by atoms with Gasteiger partial charge in [-0.15, -0.1) is 37.3 Å². The number of amides is 1. The van der Waals surface area contributed by atoms with Crippen molar-refractivity contribution in [2.75, 3.05) is 43.4 Å². The molecule has 3 aromatic heterocycles. The number of aryl methyl sites for hydroxylation is 1. The van der Waals surface area contributed by atoms with Crippen molar-refractivity contribution in [3.63, 3.8) is 0 Å². The molecule has 5 aromatic carbocycles. The Balaban J connectivity index is 1.23. The molecule has 8 rings (SSSR count). The second-order valence-electron chi connectivity index (χ2n) is 17.9. The van der Waals surface area contributed by atoms with E-state index in [1.165, 1.54) is 43.3 Å². The number of anilines is 1. The first-order chi connectivity index (χ1) is 39.7. The first-order valence-corrected chi connectivity index (χ1v) is 33.1. The monoisotopic (exact) mass is 1310 g/mol. The van der Waals surface area contributed by atoms with Crippen LogP contribution in [0.15, 0.2) is 105 Å². The van der Waals surface area contributed by atoms with E-state index in [4.69, 9.17) is 14.2 Å². The van der Waals surface area contributed by atoms with Gasteiger partial charge in [-0.1, -0.05) is 11.3 Å². The molecule has 0 aliphatic rings. The van der Waals surface area contributed by atoms with Crippen molar-refractivity contribution >= 4 is 157 Å². The molecule has 85 heavy (non-hydrogen) atoms. The van der Waals surface area contributed by atoms with Gasteiger partial charge in [-0.05, 0) is 80.5 Å². The van der Waals surface area contributed by atoms with E-state index in [-0.39, 0.29) is 135 Å². The molecule has 0 radical (unpaired) electrons. The number of nitriles is 1. The van der Waals surface area contributed by atoms with Gasteiger partial charge in [0.05, 0.1) is 58.8 Å². The predicted octanol–water partition coefficient (Wildman–Crippen LogP) is 9.43. The van der Waals surface area contributed by atoms with Crippen molar-refractivity contribution < 1.29 is 89.0 Å². The minimum absolute atomic E-state index is 0.000393. The normalized spacial score (nSPS) is 12.9. The van der Waals surface area contributed by atoms with Crippen LogP contribution in [0.2, 0.25) is 0 Å². The van der Waals surface area contributed by atoms with Crippen LogP contribution in [0.1, 0.15) is 36.5 Å². The van der Waals surface area contributed by atoms with E-state index < -0.39 is 88.6 Å². The number of carbonyl (C=O) groups excluding carboxylic acids is 1. The van der Waals surface area contributed by atoms with Crippen LogP contribution in [0.4, 0.5) is 39.3 Å². The molecular formula is C47H43N11O20S7. The molecular weight excluding hydrogens is 1260 g/mol. The Kier molecular flexibility index (Phi) is 18.0. The summed E-state index contributed by atoms with van der Waals surface area (Å²) in [5, 5.41) is 50.2. The van der Waals surface area contributed by atoms with Crippen LogP contribution in [0.5, 0.6) is 23.1 Å². The molecule has 7 N–H and O–H groups in total. The molecule has 0 unspecified atom stereocenters. The summed E-state index contributed by atoms with van der Waals surface area (Å²) in [7, 11) is -21.4. The highest BCUT2D eigenvalue weighted by atomic mass is 32.2. The third kappa shape index (κ3) is 14.1. The lowest BCUT2D eigenvalue weighted by Crippen LogP contribution is -2.08. The SMILES string of the molecule is COc1ccc2c(nc3c(C#N)c(C)c(N=Nc4cc(C)c(N=Nc5cc(NC(C)=O)c(N=Nc6nc7c(S(=O)(=O)O)cc8c(OC)cc(S(=O)(=O)O)cc8c7s6)cc5SCCCS(=O)(=O)O)cc4OCCCS(=O)(=O)O)c(O)n32)c1S(=O)(=O)O. The number of nitrogens with zero attached hydrogens (tertiary/aromatic N) is 10. The molecule has 31 nitrogen and oxygen atoms in total. The smallest absolute Gasteiger partial charge is 0.300 e. The Morgan fingerprint density at radius 1 is 0.718 bits per heavy atom. The number of aromatic hydroxyl groups is 1. The third-order valence-electron chi connectivity index (χ3n) is 12.0. The highest BCUT2D eigenvalue weighted by molar-refractivity contribution is 7.99. The highest BCUT2D eigenvalue weighted by Crippen LogP contribution is 2.46. The number of hydrogen-bond donors (Lipinski definition) is 7. The van der Waals surface area contributed by atoms with E-state index in [0.29, 0.717) is 16.9 Å². The van der Waals surface area contributed by atoms with Gasteiger partial charge in [0.15, 0.2) is 16.2 Å². The van der Waals surface area contributed by atoms with Gasteiger partial charge in [-0.2, -0.15) is 52.5 Å². The van der Waals surface area contributed by atoms with Crippen LogP contribution in [-0.4, -0.2) is 128 Å². The number of thioether (sulfide) groups is 1. The molecule has 0 atom stereocenters. The zero-order valence-corrected chi connectivity index (χ0v) is 49.9. The number of rotatable bonds is 22. The lowest BCUT2D eigenvalue weighted by atomic mass is 10.1. The molecule has 38 heteroatoms. The van der Waals surface area contributed by atoms with E-state index >= 15 is 0 Å². The summed E-state index contributed by atoms with van der Waals surface area (Å²) in [6.07, 6.45) is -0.335. The molecule has 0 spiro atoms. The van der Waals surface area contributed by atoms with Crippen molar-refractivity contribution in [1.82, 2.24) is 14.4 Å². The summed E-state index contributed by atoms with van der Waals surface area (Å²) >= 11 is 1.68. The maximum Gasteiger partial charge on any atom is 0.300 e. The number of ether oxygens (including phenoxy) is 3. The molecule has 8 aromatic rings. The van der Waals surface area contributed by atoms with Gasteiger partial charge >= 0.3 is 0 Å². The van der Waals surface area contributed by atoms with Crippen LogP contribution >= 0.6 is 23.1 Å². The minimum Gasteiger partial charge on any atom is -0.496 e. The maximum atomic E-state index is 12.7. The molecule has 0 bridgehead atoms. The number of thiazole rings is 1. The molecule has 1 amide bonds. The van der Waals surface area contributed by atoms with Gasteiger partial charge in [-0.25, -0.2) is 9.97 Å². The van der Waals surface area contributed by atoms with Crippen molar-refractivity contribution in [3.8, 4) is 29.2 Å².